The van der Waals surface area contributed by atoms with Crippen molar-refractivity contribution < 1.29 is 9.90 Å². The first-order valence-electron chi connectivity index (χ1n) is 6.85. The summed E-state index contributed by atoms with van der Waals surface area (Å²) < 4.78 is 0. The predicted molar refractivity (Wildman–Crippen MR) is 86.1 cm³/mol. The van der Waals surface area contributed by atoms with Crippen LogP contribution in [0, 0.1) is 0 Å². The highest BCUT2D eigenvalue weighted by Gasteiger charge is 2.11. The van der Waals surface area contributed by atoms with Crippen LogP contribution in [0.4, 0.5) is 0 Å². The fourth-order valence-corrected chi connectivity index (χ4v) is 2.25. The van der Waals surface area contributed by atoms with Crippen molar-refractivity contribution >= 4 is 22.5 Å². The van der Waals surface area contributed by atoms with Crippen molar-refractivity contribution in [2.75, 3.05) is 0 Å². The molecule has 0 aliphatic carbocycles. The number of nitrogens with zero attached hydrogens (tertiary/aromatic N) is 1. The molecule has 3 rings (SSSR count). The minimum Gasteiger partial charge on any atom is -0.508 e. The van der Waals surface area contributed by atoms with Crippen LogP contribution in [0.25, 0.3) is 10.9 Å². The van der Waals surface area contributed by atoms with E-state index >= 15 is 0 Å². The Morgan fingerprint density at radius 3 is 2.82 bits per heavy atom. The number of phenolic OH excluding ortho intramolecular Hbond substituents is 1. The van der Waals surface area contributed by atoms with E-state index in [1.165, 1.54) is 0 Å². The number of phenols is 1. The number of amides is 1. The lowest BCUT2D eigenvalue weighted by atomic mass is 10.1. The van der Waals surface area contributed by atoms with Gasteiger partial charge in [0, 0.05) is 22.7 Å². The first-order valence-corrected chi connectivity index (χ1v) is 6.85. The summed E-state index contributed by atoms with van der Waals surface area (Å²) in [6, 6.07) is 14.3. The number of carbonyl (C=O) groups excluding carboxylic acids is 1. The number of H-pyrrole nitrogens is 1. The number of nitrogens with one attached hydrogen (secondary N) is 2. The molecule has 0 radical (unpaired) electrons. The van der Waals surface area contributed by atoms with E-state index in [-0.39, 0.29) is 11.7 Å². The Balaban J connectivity index is 1.81. The van der Waals surface area contributed by atoms with Gasteiger partial charge in [-0.25, -0.2) is 5.43 Å². The molecule has 2 aromatic carbocycles. The summed E-state index contributed by atoms with van der Waals surface area (Å²) in [7, 11) is 0. The van der Waals surface area contributed by atoms with Gasteiger partial charge in [0.15, 0.2) is 0 Å². The van der Waals surface area contributed by atoms with E-state index in [1.807, 2.05) is 30.3 Å². The molecule has 1 heterocycles. The van der Waals surface area contributed by atoms with Crippen LogP contribution in [-0.2, 0) is 0 Å². The molecular weight excluding hydrogens is 278 g/mol. The lowest BCUT2D eigenvalue weighted by Gasteiger charge is -2.03. The summed E-state index contributed by atoms with van der Waals surface area (Å²) in [5.41, 5.74) is 5.36. The van der Waals surface area contributed by atoms with Gasteiger partial charge >= 0.3 is 0 Å². The molecule has 0 bridgehead atoms. The highest BCUT2D eigenvalue weighted by Crippen LogP contribution is 2.17. The fourth-order valence-electron chi connectivity index (χ4n) is 2.25. The Bertz CT molecular complexity index is 865. The minimum absolute atomic E-state index is 0.162. The summed E-state index contributed by atoms with van der Waals surface area (Å²) in [5, 5.41) is 14.4. The fraction of sp³-hybridized carbons (Fsp3) is 0.0588. The van der Waals surface area contributed by atoms with Crippen molar-refractivity contribution in [1.29, 1.82) is 0 Å². The molecule has 0 spiro atoms. The van der Waals surface area contributed by atoms with Gasteiger partial charge in [0.1, 0.15) is 5.75 Å². The van der Waals surface area contributed by atoms with E-state index in [9.17, 15) is 9.90 Å². The molecule has 1 aromatic heterocycles. The molecule has 3 aromatic rings. The third-order valence-corrected chi connectivity index (χ3v) is 3.42. The van der Waals surface area contributed by atoms with E-state index in [1.54, 1.807) is 31.3 Å². The van der Waals surface area contributed by atoms with Gasteiger partial charge in [-0.1, -0.05) is 30.3 Å². The average Bonchev–Trinajstić information content (AvgIpc) is 2.96. The Morgan fingerprint density at radius 1 is 1.18 bits per heavy atom. The summed E-state index contributed by atoms with van der Waals surface area (Å²) in [5.74, 6) is -0.119. The number of carbonyl (C=O) groups is 1. The summed E-state index contributed by atoms with van der Waals surface area (Å²) in [6.07, 6.45) is 1.67. The summed E-state index contributed by atoms with van der Waals surface area (Å²) in [4.78, 5) is 15.3. The van der Waals surface area contributed by atoms with Crippen LogP contribution in [0.5, 0.6) is 5.75 Å². The van der Waals surface area contributed by atoms with Crippen LogP contribution >= 0.6 is 0 Å². The Kier molecular flexibility index (Phi) is 3.62. The van der Waals surface area contributed by atoms with E-state index in [4.69, 9.17) is 0 Å². The lowest BCUT2D eigenvalue weighted by molar-refractivity contribution is 0.0956. The minimum atomic E-state index is -0.281. The van der Waals surface area contributed by atoms with Gasteiger partial charge in [-0.15, -0.1) is 0 Å². The van der Waals surface area contributed by atoms with Crippen molar-refractivity contribution in [2.45, 2.75) is 6.92 Å². The zero-order chi connectivity index (χ0) is 15.5. The topological polar surface area (TPSA) is 77.5 Å². The largest absolute Gasteiger partial charge is 0.508 e. The van der Waals surface area contributed by atoms with Gasteiger partial charge < -0.3 is 10.1 Å². The second kappa shape index (κ2) is 5.73. The Labute approximate surface area is 127 Å². The number of hydrogen-bond acceptors (Lipinski definition) is 3. The van der Waals surface area contributed by atoms with Gasteiger partial charge in [0.05, 0.1) is 11.3 Å². The number of hydrazone groups is 1. The third-order valence-electron chi connectivity index (χ3n) is 3.42. The molecule has 5 heteroatoms. The highest BCUT2D eigenvalue weighted by atomic mass is 16.3. The van der Waals surface area contributed by atoms with Crippen molar-refractivity contribution in [3.63, 3.8) is 0 Å². The van der Waals surface area contributed by atoms with Crippen molar-refractivity contribution in [2.24, 2.45) is 5.10 Å². The maximum Gasteiger partial charge on any atom is 0.273 e. The smallest absolute Gasteiger partial charge is 0.273 e. The van der Waals surface area contributed by atoms with Crippen LogP contribution in [0.3, 0.4) is 0 Å². The maximum absolute atomic E-state index is 12.2. The SMILES string of the molecule is CC(=NNC(=O)c1c[nH]c2ccccc12)c1cccc(O)c1. The van der Waals surface area contributed by atoms with E-state index < -0.39 is 0 Å². The van der Waals surface area contributed by atoms with Gasteiger partial charge in [0.25, 0.3) is 5.91 Å². The average molecular weight is 293 g/mol. The molecule has 3 N–H and O–H groups in total. The molecular formula is C17H15N3O2. The molecule has 0 aliphatic heterocycles. The number of para-hydroxylation sites is 1. The molecule has 0 atom stereocenters. The van der Waals surface area contributed by atoms with Crippen molar-refractivity contribution in [3.05, 3.63) is 65.9 Å². The molecule has 5 nitrogen and oxygen atoms in total. The number of rotatable bonds is 3. The molecule has 22 heavy (non-hydrogen) atoms. The van der Waals surface area contributed by atoms with Gasteiger partial charge in [-0.3, -0.25) is 4.79 Å². The van der Waals surface area contributed by atoms with Gasteiger partial charge in [-0.2, -0.15) is 5.10 Å². The molecule has 0 fully saturated rings. The molecule has 0 saturated carbocycles. The second-order valence-corrected chi connectivity index (χ2v) is 4.94. The van der Waals surface area contributed by atoms with Crippen molar-refractivity contribution in [1.82, 2.24) is 10.4 Å². The normalized spacial score (nSPS) is 11.6. The zero-order valence-corrected chi connectivity index (χ0v) is 12.0. The molecule has 0 saturated heterocycles. The predicted octanol–water partition coefficient (Wildman–Crippen LogP) is 3.03. The van der Waals surface area contributed by atoms with Crippen LogP contribution in [0.1, 0.15) is 22.8 Å². The monoisotopic (exact) mass is 293 g/mol. The van der Waals surface area contributed by atoms with E-state index in [0.29, 0.717) is 11.3 Å². The first kappa shape index (κ1) is 13.9. The summed E-state index contributed by atoms with van der Waals surface area (Å²) in [6.45, 7) is 1.77. The molecule has 1 amide bonds. The molecule has 0 aliphatic rings. The number of hydrogen-bond donors (Lipinski definition) is 3. The number of aromatic amines is 1. The number of aromatic nitrogens is 1. The van der Waals surface area contributed by atoms with E-state index in [0.717, 1.165) is 16.5 Å². The first-order chi connectivity index (χ1) is 10.6. The van der Waals surface area contributed by atoms with Crippen molar-refractivity contribution in [3.8, 4) is 5.75 Å². The number of benzene rings is 2. The molecule has 0 unspecified atom stereocenters. The van der Waals surface area contributed by atoms with Crippen LogP contribution in [0.2, 0.25) is 0 Å². The summed E-state index contributed by atoms with van der Waals surface area (Å²) >= 11 is 0. The Morgan fingerprint density at radius 2 is 2.00 bits per heavy atom. The Hall–Kier alpha value is -3.08. The van der Waals surface area contributed by atoms with Crippen LogP contribution < -0.4 is 5.43 Å². The van der Waals surface area contributed by atoms with Crippen LogP contribution in [-0.4, -0.2) is 21.7 Å². The van der Waals surface area contributed by atoms with Gasteiger partial charge in [0.2, 0.25) is 0 Å². The zero-order valence-electron chi connectivity index (χ0n) is 12.0. The number of fused-ring (bicyclic) bond motifs is 1. The lowest BCUT2D eigenvalue weighted by Crippen LogP contribution is -2.19. The number of aromatic hydroxyl groups is 1. The van der Waals surface area contributed by atoms with Crippen LogP contribution in [0.15, 0.2) is 59.8 Å². The second-order valence-electron chi connectivity index (χ2n) is 4.94. The highest BCUT2D eigenvalue weighted by molar-refractivity contribution is 6.07. The van der Waals surface area contributed by atoms with Gasteiger partial charge in [-0.05, 0) is 25.1 Å². The van der Waals surface area contributed by atoms with E-state index in [2.05, 4.69) is 15.5 Å². The quantitative estimate of drug-likeness (QED) is 0.513. The molecule has 110 valence electrons. The third kappa shape index (κ3) is 2.69. The maximum atomic E-state index is 12.2. The standard InChI is InChI=1S/C17H15N3O2/c1-11(12-5-4-6-13(21)9-12)19-20-17(22)15-10-18-16-8-3-2-7-14(15)16/h2-10,18,21H,1H3,(H,20,22).